The molecule has 2 aliphatic heterocycles. The predicted molar refractivity (Wildman–Crippen MR) is 125 cm³/mol. The van der Waals surface area contributed by atoms with Crippen LogP contribution < -0.4 is 10.6 Å². The highest BCUT2D eigenvalue weighted by Crippen LogP contribution is 2.11. The van der Waals surface area contributed by atoms with Crippen molar-refractivity contribution in [2.24, 2.45) is 4.99 Å². The Morgan fingerprint density at radius 3 is 2.56 bits per heavy atom. The molecule has 2 rings (SSSR count). The molecule has 0 aliphatic carbocycles. The fourth-order valence-electron chi connectivity index (χ4n) is 3.93. The van der Waals surface area contributed by atoms with Crippen molar-refractivity contribution < 1.29 is 4.74 Å². The molecule has 0 amide bonds. The Hall–Kier alpha value is -0.120. The van der Waals surface area contributed by atoms with Crippen LogP contribution in [0.5, 0.6) is 0 Å². The first-order chi connectivity index (χ1) is 12.7. The fraction of sp³-hybridized carbons (Fsp3) is 0.950. The molecule has 7 heteroatoms. The van der Waals surface area contributed by atoms with Gasteiger partial charge in [0.25, 0.3) is 0 Å². The van der Waals surface area contributed by atoms with Crippen molar-refractivity contribution in [2.75, 3.05) is 59.0 Å². The molecule has 6 nitrogen and oxygen atoms in total. The Balaban J connectivity index is 0.00000364. The minimum Gasteiger partial charge on any atom is -0.379 e. The first kappa shape index (κ1) is 24.9. The number of guanidine groups is 1. The molecular formula is C20H42IN5O. The van der Waals surface area contributed by atoms with Gasteiger partial charge in [0, 0.05) is 31.7 Å². The highest BCUT2D eigenvalue weighted by atomic mass is 127. The van der Waals surface area contributed by atoms with Gasteiger partial charge in [-0.25, -0.2) is 0 Å². The highest BCUT2D eigenvalue weighted by Gasteiger charge is 2.23. The number of aliphatic imine (C=N–C) groups is 1. The average Bonchev–Trinajstić information content (AvgIpc) is 2.92. The van der Waals surface area contributed by atoms with Crippen molar-refractivity contribution in [3.63, 3.8) is 0 Å². The van der Waals surface area contributed by atoms with Crippen LogP contribution in [-0.4, -0.2) is 86.9 Å². The molecule has 0 spiro atoms. The standard InChI is InChI=1S/C20H41N5O.HI/c1-4-21-20(22-10-9-13-24-11-7-5-6-8-12-24)23-16-18(2)25-14-15-26-17-19(25)3;/h18-19H,4-17H2,1-3H3,(H2,21,22,23);1H. The van der Waals surface area contributed by atoms with Gasteiger partial charge in [0.2, 0.25) is 0 Å². The van der Waals surface area contributed by atoms with E-state index in [1.807, 2.05) is 0 Å². The summed E-state index contributed by atoms with van der Waals surface area (Å²) in [4.78, 5) is 9.96. The van der Waals surface area contributed by atoms with Gasteiger partial charge in [0.15, 0.2) is 5.96 Å². The fourth-order valence-corrected chi connectivity index (χ4v) is 3.93. The molecular weight excluding hydrogens is 453 g/mol. The van der Waals surface area contributed by atoms with Crippen molar-refractivity contribution in [2.45, 2.75) is 65.0 Å². The third-order valence-electron chi connectivity index (χ3n) is 5.49. The number of nitrogens with one attached hydrogen (secondary N) is 2. The molecule has 0 radical (unpaired) electrons. The van der Waals surface area contributed by atoms with E-state index in [0.717, 1.165) is 45.4 Å². The Labute approximate surface area is 183 Å². The molecule has 2 fully saturated rings. The number of likely N-dealkylation sites (tertiary alicyclic amines) is 1. The first-order valence-electron chi connectivity index (χ1n) is 10.8. The van der Waals surface area contributed by atoms with Crippen molar-refractivity contribution in [1.29, 1.82) is 0 Å². The summed E-state index contributed by atoms with van der Waals surface area (Å²) in [7, 11) is 0. The van der Waals surface area contributed by atoms with E-state index >= 15 is 0 Å². The van der Waals surface area contributed by atoms with Crippen LogP contribution in [0.1, 0.15) is 52.9 Å². The predicted octanol–water partition coefficient (Wildman–Crippen LogP) is 2.53. The molecule has 2 N–H and O–H groups in total. The number of rotatable bonds is 8. The van der Waals surface area contributed by atoms with Crippen molar-refractivity contribution >= 4 is 29.9 Å². The average molecular weight is 495 g/mol. The van der Waals surface area contributed by atoms with Gasteiger partial charge in [-0.05, 0) is 59.7 Å². The highest BCUT2D eigenvalue weighted by molar-refractivity contribution is 14.0. The van der Waals surface area contributed by atoms with E-state index < -0.39 is 0 Å². The second-order valence-corrected chi connectivity index (χ2v) is 7.77. The molecule has 0 saturated carbocycles. The van der Waals surface area contributed by atoms with Gasteiger partial charge in [-0.3, -0.25) is 9.89 Å². The Morgan fingerprint density at radius 1 is 1.15 bits per heavy atom. The lowest BCUT2D eigenvalue weighted by atomic mass is 10.2. The SMILES string of the molecule is CCNC(=NCC(C)N1CCOCC1C)NCCCN1CCCCCC1.I. The maximum Gasteiger partial charge on any atom is 0.191 e. The summed E-state index contributed by atoms with van der Waals surface area (Å²) in [6.45, 7) is 15.8. The summed E-state index contributed by atoms with van der Waals surface area (Å²) in [6, 6.07) is 0.930. The van der Waals surface area contributed by atoms with Crippen LogP contribution in [0.15, 0.2) is 4.99 Å². The zero-order valence-corrected chi connectivity index (χ0v) is 20.0. The van der Waals surface area contributed by atoms with Gasteiger partial charge in [0.05, 0.1) is 19.8 Å². The van der Waals surface area contributed by atoms with Gasteiger partial charge in [-0.2, -0.15) is 0 Å². The number of morpholine rings is 1. The van der Waals surface area contributed by atoms with Crippen LogP contribution in [0, 0.1) is 0 Å². The normalized spacial score (nSPS) is 24.0. The number of ether oxygens (including phenoxy) is 1. The zero-order valence-electron chi connectivity index (χ0n) is 17.7. The number of hydrogen-bond acceptors (Lipinski definition) is 4. The van der Waals surface area contributed by atoms with Crippen LogP contribution in [0.3, 0.4) is 0 Å². The van der Waals surface area contributed by atoms with Crippen LogP contribution in [0.25, 0.3) is 0 Å². The van der Waals surface area contributed by atoms with E-state index in [2.05, 4.69) is 41.2 Å². The van der Waals surface area contributed by atoms with E-state index in [1.54, 1.807) is 0 Å². The lowest BCUT2D eigenvalue weighted by molar-refractivity contribution is -0.0165. The smallest absolute Gasteiger partial charge is 0.191 e. The maximum absolute atomic E-state index is 5.54. The summed E-state index contributed by atoms with van der Waals surface area (Å²) in [5.74, 6) is 0.955. The monoisotopic (exact) mass is 495 g/mol. The van der Waals surface area contributed by atoms with Crippen LogP contribution in [-0.2, 0) is 4.74 Å². The lowest BCUT2D eigenvalue weighted by Gasteiger charge is -2.37. The number of hydrogen-bond donors (Lipinski definition) is 2. The molecule has 0 aromatic carbocycles. The Morgan fingerprint density at radius 2 is 1.89 bits per heavy atom. The van der Waals surface area contributed by atoms with Gasteiger partial charge in [-0.15, -0.1) is 24.0 Å². The Bertz CT molecular complexity index is 402. The number of halogens is 1. The summed E-state index contributed by atoms with van der Waals surface area (Å²) in [5.41, 5.74) is 0. The van der Waals surface area contributed by atoms with E-state index in [4.69, 9.17) is 9.73 Å². The second kappa shape index (κ2) is 14.8. The van der Waals surface area contributed by atoms with E-state index in [1.165, 1.54) is 51.7 Å². The second-order valence-electron chi connectivity index (χ2n) is 7.77. The molecule has 0 aromatic heterocycles. The molecule has 160 valence electrons. The molecule has 2 atom stereocenters. The van der Waals surface area contributed by atoms with Gasteiger partial charge in [0.1, 0.15) is 0 Å². The molecule has 2 unspecified atom stereocenters. The van der Waals surface area contributed by atoms with E-state index in [-0.39, 0.29) is 24.0 Å². The molecule has 0 aromatic rings. The van der Waals surface area contributed by atoms with E-state index in [0.29, 0.717) is 12.1 Å². The number of nitrogens with zero attached hydrogens (tertiary/aromatic N) is 3. The minimum atomic E-state index is 0. The van der Waals surface area contributed by atoms with Crippen LogP contribution in [0.4, 0.5) is 0 Å². The quantitative estimate of drug-likeness (QED) is 0.235. The first-order valence-corrected chi connectivity index (χ1v) is 10.8. The zero-order chi connectivity index (χ0) is 18.6. The third-order valence-corrected chi connectivity index (χ3v) is 5.49. The third kappa shape index (κ3) is 9.76. The van der Waals surface area contributed by atoms with Crippen LogP contribution >= 0.6 is 24.0 Å². The molecule has 0 bridgehead atoms. The lowest BCUT2D eigenvalue weighted by Crippen LogP contribution is -2.49. The van der Waals surface area contributed by atoms with Crippen molar-refractivity contribution in [1.82, 2.24) is 20.4 Å². The minimum absolute atomic E-state index is 0. The van der Waals surface area contributed by atoms with E-state index in [9.17, 15) is 0 Å². The largest absolute Gasteiger partial charge is 0.379 e. The van der Waals surface area contributed by atoms with Gasteiger partial charge >= 0.3 is 0 Å². The van der Waals surface area contributed by atoms with Gasteiger partial charge in [-0.1, -0.05) is 12.8 Å². The summed E-state index contributed by atoms with van der Waals surface area (Å²) in [6.07, 6.45) is 6.74. The molecule has 2 saturated heterocycles. The summed E-state index contributed by atoms with van der Waals surface area (Å²) >= 11 is 0. The Kier molecular flexibility index (Phi) is 13.7. The van der Waals surface area contributed by atoms with Gasteiger partial charge < -0.3 is 20.3 Å². The maximum atomic E-state index is 5.54. The molecule has 27 heavy (non-hydrogen) atoms. The molecule has 2 aliphatic rings. The summed E-state index contributed by atoms with van der Waals surface area (Å²) in [5, 5.41) is 6.90. The van der Waals surface area contributed by atoms with Crippen molar-refractivity contribution in [3.05, 3.63) is 0 Å². The van der Waals surface area contributed by atoms with Crippen molar-refractivity contribution in [3.8, 4) is 0 Å². The van der Waals surface area contributed by atoms with Crippen LogP contribution in [0.2, 0.25) is 0 Å². The topological polar surface area (TPSA) is 52.1 Å². The summed E-state index contributed by atoms with van der Waals surface area (Å²) < 4.78 is 5.54. The molecule has 2 heterocycles.